The van der Waals surface area contributed by atoms with E-state index in [1.807, 2.05) is 63.4 Å². The Morgan fingerprint density at radius 1 is 1.23 bits per heavy atom. The number of carbonyl (C=O) groups is 1. The highest BCUT2D eigenvalue weighted by Gasteiger charge is 2.31. The minimum Gasteiger partial charge on any atom is -0.443 e. The molecule has 160 valence electrons. The molecular weight excluding hydrogens is 378 g/mol. The molecule has 0 bridgehead atoms. The van der Waals surface area contributed by atoms with Gasteiger partial charge in [0.2, 0.25) is 0 Å². The number of ether oxygens (including phenoxy) is 1. The standard InChI is InChI=1S/C24H31N3O3/c1-24(2,3)30-23(29)27-10-8-21(27)17-26(4)22-14-20(15-25-16-22)13-19-7-5-6-18(12-19)9-11-28/h5-7,12,14-17,28H,8-11,13H2,1-4H3. The van der Waals surface area contributed by atoms with E-state index in [4.69, 9.17) is 9.84 Å². The summed E-state index contributed by atoms with van der Waals surface area (Å²) in [6.45, 7) is 6.45. The van der Waals surface area contributed by atoms with Gasteiger partial charge < -0.3 is 14.7 Å². The molecule has 0 aliphatic carbocycles. The number of aromatic nitrogens is 1. The molecule has 6 nitrogen and oxygen atoms in total. The first-order chi connectivity index (χ1) is 14.2. The maximum absolute atomic E-state index is 12.3. The predicted molar refractivity (Wildman–Crippen MR) is 118 cm³/mol. The summed E-state index contributed by atoms with van der Waals surface area (Å²) in [7, 11) is 1.96. The molecule has 0 unspecified atom stereocenters. The highest BCUT2D eigenvalue weighted by molar-refractivity contribution is 5.72. The topological polar surface area (TPSA) is 65.9 Å². The van der Waals surface area contributed by atoms with Gasteiger partial charge in [0, 0.05) is 44.7 Å². The van der Waals surface area contributed by atoms with Gasteiger partial charge in [-0.2, -0.15) is 0 Å². The number of likely N-dealkylation sites (tertiary alicyclic amines) is 1. The number of benzene rings is 1. The van der Waals surface area contributed by atoms with E-state index in [-0.39, 0.29) is 12.7 Å². The number of carbonyl (C=O) groups excluding carboxylic acids is 1. The van der Waals surface area contributed by atoms with Crippen molar-refractivity contribution in [1.29, 1.82) is 0 Å². The quantitative estimate of drug-likeness (QED) is 0.777. The third-order valence-corrected chi connectivity index (χ3v) is 4.88. The Bertz CT molecular complexity index is 918. The van der Waals surface area contributed by atoms with Crippen molar-refractivity contribution in [2.75, 3.05) is 25.1 Å². The first kappa shape index (κ1) is 21.8. The molecule has 0 spiro atoms. The molecule has 3 rings (SSSR count). The van der Waals surface area contributed by atoms with Crippen molar-refractivity contribution in [1.82, 2.24) is 9.88 Å². The lowest BCUT2D eigenvalue weighted by Gasteiger charge is -2.36. The van der Waals surface area contributed by atoms with E-state index in [0.29, 0.717) is 13.0 Å². The second kappa shape index (κ2) is 9.30. The monoisotopic (exact) mass is 409 g/mol. The zero-order valence-electron chi connectivity index (χ0n) is 18.3. The number of anilines is 1. The predicted octanol–water partition coefficient (Wildman–Crippen LogP) is 4.13. The summed E-state index contributed by atoms with van der Waals surface area (Å²) in [6.07, 6.45) is 7.64. The Balaban J connectivity index is 1.69. The van der Waals surface area contributed by atoms with Crippen LogP contribution in [0.1, 0.15) is 43.9 Å². The SMILES string of the molecule is CN(C=C1CCN1C(=O)OC(C)(C)C)c1cncc(Cc2cccc(CCO)c2)c1. The number of pyridine rings is 1. The van der Waals surface area contributed by atoms with E-state index in [1.54, 1.807) is 4.90 Å². The van der Waals surface area contributed by atoms with Crippen molar-refractivity contribution in [3.63, 3.8) is 0 Å². The van der Waals surface area contributed by atoms with Gasteiger partial charge in [-0.3, -0.25) is 9.88 Å². The Hall–Kier alpha value is -2.86. The molecule has 1 fully saturated rings. The van der Waals surface area contributed by atoms with Crippen LogP contribution in [0.4, 0.5) is 10.5 Å². The molecule has 1 amide bonds. The van der Waals surface area contributed by atoms with Gasteiger partial charge in [0.05, 0.1) is 11.9 Å². The van der Waals surface area contributed by atoms with E-state index < -0.39 is 5.60 Å². The molecule has 1 aromatic carbocycles. The molecule has 1 aromatic heterocycles. The second-order valence-corrected chi connectivity index (χ2v) is 8.64. The van der Waals surface area contributed by atoms with Crippen molar-refractivity contribution >= 4 is 11.8 Å². The summed E-state index contributed by atoms with van der Waals surface area (Å²) < 4.78 is 5.47. The van der Waals surface area contributed by atoms with Gasteiger partial charge >= 0.3 is 6.09 Å². The second-order valence-electron chi connectivity index (χ2n) is 8.64. The number of nitrogens with zero attached hydrogens (tertiary/aromatic N) is 3. The maximum Gasteiger partial charge on any atom is 0.414 e. The summed E-state index contributed by atoms with van der Waals surface area (Å²) in [6, 6.07) is 10.4. The lowest BCUT2D eigenvalue weighted by Crippen LogP contribution is -2.44. The molecule has 0 saturated carbocycles. The zero-order chi connectivity index (χ0) is 21.7. The summed E-state index contributed by atoms with van der Waals surface area (Å²) in [5.41, 5.74) is 4.83. The van der Waals surface area contributed by atoms with Gasteiger partial charge in [-0.15, -0.1) is 0 Å². The van der Waals surface area contributed by atoms with Gasteiger partial charge in [-0.25, -0.2) is 4.79 Å². The highest BCUT2D eigenvalue weighted by Crippen LogP contribution is 2.26. The number of hydrogen-bond acceptors (Lipinski definition) is 5. The molecule has 1 aliphatic rings. The third kappa shape index (κ3) is 5.83. The largest absolute Gasteiger partial charge is 0.443 e. The van der Waals surface area contributed by atoms with E-state index in [0.717, 1.165) is 35.4 Å². The maximum atomic E-state index is 12.3. The van der Waals surface area contributed by atoms with Crippen LogP contribution in [0.5, 0.6) is 0 Å². The molecule has 1 saturated heterocycles. The van der Waals surface area contributed by atoms with Crippen LogP contribution in [0.3, 0.4) is 0 Å². The molecule has 1 N–H and O–H groups in total. The molecular formula is C24H31N3O3. The average Bonchev–Trinajstić information content (AvgIpc) is 2.64. The number of hydrogen-bond donors (Lipinski definition) is 1. The van der Waals surface area contributed by atoms with Gasteiger partial charge in [0.15, 0.2) is 0 Å². The van der Waals surface area contributed by atoms with Crippen LogP contribution in [-0.2, 0) is 17.6 Å². The summed E-state index contributed by atoms with van der Waals surface area (Å²) in [4.78, 5) is 20.4. The van der Waals surface area contributed by atoms with Gasteiger partial charge in [0.1, 0.15) is 5.60 Å². The van der Waals surface area contributed by atoms with Crippen LogP contribution >= 0.6 is 0 Å². The summed E-state index contributed by atoms with van der Waals surface area (Å²) in [5, 5.41) is 9.15. The zero-order valence-corrected chi connectivity index (χ0v) is 18.3. The first-order valence-electron chi connectivity index (χ1n) is 10.3. The van der Waals surface area contributed by atoms with Gasteiger partial charge in [-0.1, -0.05) is 24.3 Å². The minimum atomic E-state index is -0.504. The van der Waals surface area contributed by atoms with E-state index in [1.165, 1.54) is 5.56 Å². The van der Waals surface area contributed by atoms with E-state index in [9.17, 15) is 4.79 Å². The number of aliphatic hydroxyl groups excluding tert-OH is 1. The lowest BCUT2D eigenvalue weighted by atomic mass is 10.0. The molecule has 6 heteroatoms. The van der Waals surface area contributed by atoms with Crippen LogP contribution in [-0.4, -0.2) is 46.9 Å². The summed E-state index contributed by atoms with van der Waals surface area (Å²) >= 11 is 0. The first-order valence-corrected chi connectivity index (χ1v) is 10.3. The van der Waals surface area contributed by atoms with Crippen molar-refractivity contribution in [2.45, 2.75) is 45.6 Å². The van der Waals surface area contributed by atoms with Crippen LogP contribution in [0.25, 0.3) is 0 Å². The molecule has 0 atom stereocenters. The van der Waals surface area contributed by atoms with Crippen LogP contribution in [0.15, 0.2) is 54.6 Å². The minimum absolute atomic E-state index is 0.153. The van der Waals surface area contributed by atoms with Gasteiger partial charge in [0.25, 0.3) is 0 Å². The highest BCUT2D eigenvalue weighted by atomic mass is 16.6. The number of aliphatic hydroxyl groups is 1. The van der Waals surface area contributed by atoms with Crippen LogP contribution in [0, 0.1) is 0 Å². The van der Waals surface area contributed by atoms with Gasteiger partial charge in [-0.05, 0) is 56.4 Å². The fourth-order valence-corrected chi connectivity index (χ4v) is 3.33. The lowest BCUT2D eigenvalue weighted by molar-refractivity contribution is 0.0235. The Labute approximate surface area is 178 Å². The van der Waals surface area contributed by atoms with E-state index in [2.05, 4.69) is 23.2 Å². The molecule has 2 heterocycles. The smallest absolute Gasteiger partial charge is 0.414 e. The van der Waals surface area contributed by atoms with Crippen LogP contribution < -0.4 is 4.90 Å². The number of amides is 1. The Morgan fingerprint density at radius 3 is 2.67 bits per heavy atom. The van der Waals surface area contributed by atoms with Crippen molar-refractivity contribution < 1.29 is 14.6 Å². The fraction of sp³-hybridized carbons (Fsp3) is 0.417. The van der Waals surface area contributed by atoms with Crippen molar-refractivity contribution in [3.05, 3.63) is 71.3 Å². The summed E-state index contributed by atoms with van der Waals surface area (Å²) in [5.74, 6) is 0. The Kier molecular flexibility index (Phi) is 6.77. The molecule has 0 radical (unpaired) electrons. The third-order valence-electron chi connectivity index (χ3n) is 4.88. The normalized spacial score (nSPS) is 15.1. The fourth-order valence-electron chi connectivity index (χ4n) is 3.33. The average molecular weight is 410 g/mol. The number of rotatable bonds is 6. The van der Waals surface area contributed by atoms with E-state index >= 15 is 0 Å². The van der Waals surface area contributed by atoms with Crippen molar-refractivity contribution in [3.8, 4) is 0 Å². The Morgan fingerprint density at radius 2 is 2.00 bits per heavy atom. The molecule has 2 aromatic rings. The molecule has 1 aliphatic heterocycles. The van der Waals surface area contributed by atoms with Crippen LogP contribution in [0.2, 0.25) is 0 Å². The van der Waals surface area contributed by atoms with Crippen molar-refractivity contribution in [2.24, 2.45) is 0 Å². The molecule has 30 heavy (non-hydrogen) atoms.